The van der Waals surface area contributed by atoms with E-state index in [1.165, 1.54) is 50.8 Å². The minimum Gasteiger partial charge on any atom is -0.393 e. The van der Waals surface area contributed by atoms with Crippen LogP contribution in [0.4, 0.5) is 0 Å². The maximum Gasteiger partial charge on any atom is 0.0583 e. The van der Waals surface area contributed by atoms with E-state index in [0.29, 0.717) is 12.0 Å². The summed E-state index contributed by atoms with van der Waals surface area (Å²) in [5.74, 6) is 0.503. The summed E-state index contributed by atoms with van der Waals surface area (Å²) in [5.41, 5.74) is 1.19. The van der Waals surface area contributed by atoms with Gasteiger partial charge in [-0.3, -0.25) is 9.88 Å². The van der Waals surface area contributed by atoms with Crippen LogP contribution in [0.1, 0.15) is 50.6 Å². The van der Waals surface area contributed by atoms with Gasteiger partial charge in [0.2, 0.25) is 0 Å². The SMILES string of the molecule is OC1CCCCC1C1CCCCN1CCc1ccccn1. The first-order valence-corrected chi connectivity index (χ1v) is 8.66. The smallest absolute Gasteiger partial charge is 0.0583 e. The molecular formula is C18H28N2O. The van der Waals surface area contributed by atoms with Gasteiger partial charge >= 0.3 is 0 Å². The summed E-state index contributed by atoms with van der Waals surface area (Å²) in [6.07, 6.45) is 11.5. The molecule has 2 heterocycles. The van der Waals surface area contributed by atoms with E-state index in [2.05, 4.69) is 22.0 Å². The van der Waals surface area contributed by atoms with Crippen LogP contribution in [0.15, 0.2) is 24.4 Å². The van der Waals surface area contributed by atoms with Crippen molar-refractivity contribution in [3.8, 4) is 0 Å². The van der Waals surface area contributed by atoms with Gasteiger partial charge in [-0.15, -0.1) is 0 Å². The maximum absolute atomic E-state index is 10.4. The second kappa shape index (κ2) is 7.37. The van der Waals surface area contributed by atoms with E-state index in [1.54, 1.807) is 0 Å². The Bertz CT molecular complexity index is 422. The Balaban J connectivity index is 1.61. The van der Waals surface area contributed by atoms with Crippen molar-refractivity contribution in [2.75, 3.05) is 13.1 Å². The van der Waals surface area contributed by atoms with Crippen molar-refractivity contribution in [1.29, 1.82) is 0 Å². The van der Waals surface area contributed by atoms with Crippen LogP contribution in [0.25, 0.3) is 0 Å². The monoisotopic (exact) mass is 288 g/mol. The summed E-state index contributed by atoms with van der Waals surface area (Å²) in [6.45, 7) is 2.28. The summed E-state index contributed by atoms with van der Waals surface area (Å²) in [6, 6.07) is 6.76. The number of aliphatic hydroxyl groups excluding tert-OH is 1. The van der Waals surface area contributed by atoms with E-state index in [4.69, 9.17) is 0 Å². The molecule has 1 aromatic heterocycles. The van der Waals surface area contributed by atoms with Crippen LogP contribution in [-0.2, 0) is 6.42 Å². The number of rotatable bonds is 4. The first-order chi connectivity index (χ1) is 10.3. The molecule has 21 heavy (non-hydrogen) atoms. The Hall–Kier alpha value is -0.930. The predicted octanol–water partition coefficient (Wildman–Crippen LogP) is 3.03. The molecule has 0 aromatic carbocycles. The molecule has 3 atom stereocenters. The summed E-state index contributed by atoms with van der Waals surface area (Å²) in [4.78, 5) is 7.08. The molecule has 1 aliphatic heterocycles. The fourth-order valence-electron chi connectivity index (χ4n) is 4.17. The van der Waals surface area contributed by atoms with Crippen LogP contribution in [0.5, 0.6) is 0 Å². The Morgan fingerprint density at radius 3 is 2.76 bits per heavy atom. The van der Waals surface area contributed by atoms with E-state index in [1.807, 2.05) is 12.3 Å². The quantitative estimate of drug-likeness (QED) is 0.925. The topological polar surface area (TPSA) is 36.4 Å². The minimum absolute atomic E-state index is 0.0702. The minimum atomic E-state index is -0.0702. The first-order valence-electron chi connectivity index (χ1n) is 8.66. The highest BCUT2D eigenvalue weighted by molar-refractivity contribution is 5.04. The Kier molecular flexibility index (Phi) is 5.26. The van der Waals surface area contributed by atoms with E-state index in [9.17, 15) is 5.11 Å². The van der Waals surface area contributed by atoms with E-state index in [-0.39, 0.29) is 6.10 Å². The number of piperidine rings is 1. The van der Waals surface area contributed by atoms with Crippen LogP contribution >= 0.6 is 0 Å². The molecule has 2 aliphatic rings. The standard InChI is InChI=1S/C18H28N2O/c21-18-10-2-1-8-16(18)17-9-4-6-13-20(17)14-11-15-7-3-5-12-19-15/h3,5,7,12,16-18,21H,1-2,4,6,8-11,13-14H2. The molecule has 1 saturated heterocycles. The summed E-state index contributed by atoms with van der Waals surface area (Å²) in [5, 5.41) is 10.4. The highest BCUT2D eigenvalue weighted by Gasteiger charge is 2.35. The normalized spacial score (nSPS) is 31.2. The molecule has 1 saturated carbocycles. The first kappa shape index (κ1) is 15.0. The lowest BCUT2D eigenvalue weighted by Gasteiger charge is -2.43. The van der Waals surface area contributed by atoms with Gasteiger partial charge in [0, 0.05) is 36.8 Å². The zero-order valence-corrected chi connectivity index (χ0v) is 13.0. The van der Waals surface area contributed by atoms with Gasteiger partial charge in [-0.2, -0.15) is 0 Å². The van der Waals surface area contributed by atoms with Gasteiger partial charge in [-0.1, -0.05) is 25.3 Å². The summed E-state index contributed by atoms with van der Waals surface area (Å²) in [7, 11) is 0. The fourth-order valence-corrected chi connectivity index (χ4v) is 4.17. The molecule has 1 aliphatic carbocycles. The largest absolute Gasteiger partial charge is 0.393 e. The van der Waals surface area contributed by atoms with E-state index < -0.39 is 0 Å². The lowest BCUT2D eigenvalue weighted by atomic mass is 9.78. The van der Waals surface area contributed by atoms with Crippen molar-refractivity contribution in [2.45, 2.75) is 63.5 Å². The van der Waals surface area contributed by atoms with Crippen molar-refractivity contribution < 1.29 is 5.11 Å². The second-order valence-corrected chi connectivity index (χ2v) is 6.69. The Morgan fingerprint density at radius 2 is 1.95 bits per heavy atom. The van der Waals surface area contributed by atoms with Crippen LogP contribution in [0.2, 0.25) is 0 Å². The van der Waals surface area contributed by atoms with E-state index >= 15 is 0 Å². The molecule has 116 valence electrons. The van der Waals surface area contributed by atoms with Crippen molar-refractivity contribution in [1.82, 2.24) is 9.88 Å². The van der Waals surface area contributed by atoms with Crippen molar-refractivity contribution in [2.24, 2.45) is 5.92 Å². The third-order valence-electron chi connectivity index (χ3n) is 5.32. The molecule has 1 N–H and O–H groups in total. The number of hydrogen-bond acceptors (Lipinski definition) is 3. The van der Waals surface area contributed by atoms with Crippen molar-refractivity contribution in [3.05, 3.63) is 30.1 Å². The van der Waals surface area contributed by atoms with Crippen LogP contribution in [0.3, 0.4) is 0 Å². The lowest BCUT2D eigenvalue weighted by molar-refractivity contribution is -0.00515. The molecule has 0 amide bonds. The van der Waals surface area contributed by atoms with Crippen LogP contribution in [-0.4, -0.2) is 40.2 Å². The highest BCUT2D eigenvalue weighted by atomic mass is 16.3. The van der Waals surface area contributed by atoms with Gasteiger partial charge in [0.1, 0.15) is 0 Å². The zero-order valence-electron chi connectivity index (χ0n) is 13.0. The van der Waals surface area contributed by atoms with Crippen molar-refractivity contribution in [3.63, 3.8) is 0 Å². The number of nitrogens with zero attached hydrogens (tertiary/aromatic N) is 2. The molecule has 2 fully saturated rings. The average molecular weight is 288 g/mol. The number of pyridine rings is 1. The van der Waals surface area contributed by atoms with Gasteiger partial charge in [0.05, 0.1) is 6.10 Å². The third kappa shape index (κ3) is 3.83. The van der Waals surface area contributed by atoms with Gasteiger partial charge in [-0.05, 0) is 44.4 Å². The molecule has 0 spiro atoms. The second-order valence-electron chi connectivity index (χ2n) is 6.69. The van der Waals surface area contributed by atoms with Crippen LogP contribution in [0, 0.1) is 5.92 Å². The zero-order chi connectivity index (χ0) is 14.5. The van der Waals surface area contributed by atoms with E-state index in [0.717, 1.165) is 19.4 Å². The molecule has 1 aromatic rings. The maximum atomic E-state index is 10.4. The van der Waals surface area contributed by atoms with Crippen molar-refractivity contribution >= 4 is 0 Å². The Morgan fingerprint density at radius 1 is 1.10 bits per heavy atom. The molecule has 3 heteroatoms. The molecular weight excluding hydrogens is 260 g/mol. The van der Waals surface area contributed by atoms with Gasteiger partial charge in [0.25, 0.3) is 0 Å². The third-order valence-corrected chi connectivity index (χ3v) is 5.32. The van der Waals surface area contributed by atoms with Gasteiger partial charge in [-0.25, -0.2) is 0 Å². The fraction of sp³-hybridized carbons (Fsp3) is 0.722. The highest BCUT2D eigenvalue weighted by Crippen LogP contribution is 2.34. The molecule has 0 radical (unpaired) electrons. The van der Waals surface area contributed by atoms with Crippen LogP contribution < -0.4 is 0 Å². The lowest BCUT2D eigenvalue weighted by Crippen LogP contribution is -2.49. The molecule has 3 nitrogen and oxygen atoms in total. The number of aromatic nitrogens is 1. The Labute approximate surface area is 128 Å². The predicted molar refractivity (Wildman–Crippen MR) is 85.1 cm³/mol. The summed E-state index contributed by atoms with van der Waals surface area (Å²) < 4.78 is 0. The van der Waals surface area contributed by atoms with Gasteiger partial charge < -0.3 is 5.11 Å². The molecule has 3 rings (SSSR count). The average Bonchev–Trinajstić information content (AvgIpc) is 2.55. The molecule has 0 bridgehead atoms. The summed E-state index contributed by atoms with van der Waals surface area (Å²) >= 11 is 0. The number of likely N-dealkylation sites (tertiary alicyclic amines) is 1. The number of aliphatic hydroxyl groups is 1. The van der Waals surface area contributed by atoms with Gasteiger partial charge in [0.15, 0.2) is 0 Å². The molecule has 3 unspecified atom stereocenters. The number of hydrogen-bond donors (Lipinski definition) is 1.